The van der Waals surface area contributed by atoms with Crippen LogP contribution in [0.5, 0.6) is 5.75 Å². The molecule has 1 N–H and O–H groups in total. The molecule has 0 amide bonds. The minimum atomic E-state index is -2.75. The van der Waals surface area contributed by atoms with Crippen LogP contribution in [0.1, 0.15) is 12.1 Å². The van der Waals surface area contributed by atoms with Crippen LogP contribution in [-0.2, 0) is 0 Å². The summed E-state index contributed by atoms with van der Waals surface area (Å²) in [6.07, 6.45) is -2.75. The Kier molecular flexibility index (Phi) is 3.22. The summed E-state index contributed by atoms with van der Waals surface area (Å²) in [6, 6.07) is 1.46. The Morgan fingerprint density at radius 2 is 2.17 bits per heavy atom. The van der Waals surface area contributed by atoms with Crippen LogP contribution in [0.25, 0.3) is 0 Å². The van der Waals surface area contributed by atoms with E-state index in [2.05, 4.69) is 20.9 Å². The lowest BCUT2D eigenvalue weighted by molar-refractivity contribution is 0.141. The number of aromatic hydroxyl groups is 1. The Labute approximate surface area is 89.3 Å². The van der Waals surface area contributed by atoms with Crippen molar-refractivity contribution in [2.45, 2.75) is 6.43 Å². The van der Waals surface area contributed by atoms with Crippen molar-refractivity contribution in [3.8, 4) is 5.75 Å². The maximum absolute atomic E-state index is 12.1. The molecule has 0 fully saturated rings. The normalized spacial score (nSPS) is 10.8. The lowest BCUT2D eigenvalue weighted by atomic mass is 10.3. The molecule has 1 rings (SSSR count). The van der Waals surface area contributed by atoms with Crippen LogP contribution in [0.2, 0.25) is 0 Å². The number of pyridine rings is 1. The van der Waals surface area contributed by atoms with Crippen molar-refractivity contribution in [1.82, 2.24) is 4.98 Å². The van der Waals surface area contributed by atoms with Gasteiger partial charge in [0.1, 0.15) is 4.60 Å². The highest BCUT2D eigenvalue weighted by Crippen LogP contribution is 2.31. The molecule has 1 aromatic heterocycles. The third-order valence-corrected chi connectivity index (χ3v) is 2.38. The SMILES string of the molecule is Oc1c(I)cc(Br)nc1C(F)F. The molecule has 0 aliphatic carbocycles. The fourth-order valence-corrected chi connectivity index (χ4v) is 2.07. The molecule has 0 spiro atoms. The summed E-state index contributed by atoms with van der Waals surface area (Å²) in [5.41, 5.74) is -0.589. The van der Waals surface area contributed by atoms with E-state index in [4.69, 9.17) is 5.11 Å². The first-order valence-corrected chi connectivity index (χ1v) is 4.72. The van der Waals surface area contributed by atoms with E-state index in [1.807, 2.05) is 0 Å². The number of halogens is 4. The largest absolute Gasteiger partial charge is 0.505 e. The number of hydrogen-bond acceptors (Lipinski definition) is 2. The van der Waals surface area contributed by atoms with Crippen LogP contribution >= 0.6 is 38.5 Å². The number of rotatable bonds is 1. The molecule has 0 unspecified atom stereocenters. The molecule has 0 aliphatic rings. The van der Waals surface area contributed by atoms with Gasteiger partial charge in [0.25, 0.3) is 6.43 Å². The average molecular weight is 350 g/mol. The van der Waals surface area contributed by atoms with E-state index in [1.165, 1.54) is 6.07 Å². The van der Waals surface area contributed by atoms with Gasteiger partial charge in [0.2, 0.25) is 0 Å². The third kappa shape index (κ3) is 2.03. The van der Waals surface area contributed by atoms with Crippen LogP contribution < -0.4 is 0 Å². The van der Waals surface area contributed by atoms with Gasteiger partial charge >= 0.3 is 0 Å². The minimum absolute atomic E-state index is 0.292. The van der Waals surface area contributed by atoms with Crippen molar-refractivity contribution >= 4 is 38.5 Å². The summed E-state index contributed by atoms with van der Waals surface area (Å²) in [5, 5.41) is 9.12. The second kappa shape index (κ2) is 3.82. The van der Waals surface area contributed by atoms with Gasteiger partial charge < -0.3 is 5.11 Å². The standard InChI is InChI=1S/C6H3BrF2INO/c7-3-1-2(10)5(12)4(11-3)6(8)9/h1,6,12H. The first-order valence-electron chi connectivity index (χ1n) is 2.85. The van der Waals surface area contributed by atoms with Gasteiger partial charge in [-0.1, -0.05) is 0 Å². The van der Waals surface area contributed by atoms with Crippen LogP contribution in [0, 0.1) is 3.57 Å². The molecular formula is C6H3BrF2INO. The smallest absolute Gasteiger partial charge is 0.284 e. The van der Waals surface area contributed by atoms with Crippen molar-refractivity contribution in [2.75, 3.05) is 0 Å². The molecular weight excluding hydrogens is 347 g/mol. The molecule has 0 saturated carbocycles. The first-order chi connectivity index (χ1) is 5.52. The third-order valence-electron chi connectivity index (χ3n) is 1.15. The molecule has 12 heavy (non-hydrogen) atoms. The lowest BCUT2D eigenvalue weighted by Gasteiger charge is -2.04. The molecule has 2 nitrogen and oxygen atoms in total. The van der Waals surface area contributed by atoms with Crippen molar-refractivity contribution in [1.29, 1.82) is 0 Å². The van der Waals surface area contributed by atoms with E-state index in [0.29, 0.717) is 8.17 Å². The Balaban J connectivity index is 3.28. The summed E-state index contributed by atoms with van der Waals surface area (Å²) < 4.78 is 24.9. The van der Waals surface area contributed by atoms with E-state index in [1.54, 1.807) is 22.6 Å². The van der Waals surface area contributed by atoms with E-state index >= 15 is 0 Å². The monoisotopic (exact) mass is 349 g/mol. The zero-order chi connectivity index (χ0) is 9.30. The molecule has 0 saturated heterocycles. The highest BCUT2D eigenvalue weighted by molar-refractivity contribution is 14.1. The van der Waals surface area contributed by atoms with Crippen molar-refractivity contribution in [3.63, 3.8) is 0 Å². The van der Waals surface area contributed by atoms with Gasteiger partial charge in [0.15, 0.2) is 11.4 Å². The summed E-state index contributed by atoms with van der Waals surface area (Å²) in [7, 11) is 0. The number of alkyl halides is 2. The van der Waals surface area contributed by atoms with Crippen LogP contribution in [0.3, 0.4) is 0 Å². The van der Waals surface area contributed by atoms with Crippen LogP contribution in [-0.4, -0.2) is 10.1 Å². The van der Waals surface area contributed by atoms with Crippen LogP contribution in [0.15, 0.2) is 10.7 Å². The predicted molar refractivity (Wildman–Crippen MR) is 51.3 cm³/mol. The fraction of sp³-hybridized carbons (Fsp3) is 0.167. The molecule has 0 radical (unpaired) electrons. The predicted octanol–water partition coefficient (Wildman–Crippen LogP) is 3.09. The molecule has 0 aliphatic heterocycles. The molecule has 0 atom stereocenters. The van der Waals surface area contributed by atoms with E-state index in [-0.39, 0.29) is 0 Å². The van der Waals surface area contributed by atoms with Gasteiger partial charge in [-0.3, -0.25) is 0 Å². The highest BCUT2D eigenvalue weighted by atomic mass is 127. The summed E-state index contributed by atoms with van der Waals surface area (Å²) in [4.78, 5) is 3.44. The number of hydrogen-bond donors (Lipinski definition) is 1. The van der Waals surface area contributed by atoms with Gasteiger partial charge in [-0.05, 0) is 44.6 Å². The molecule has 0 aromatic carbocycles. The van der Waals surface area contributed by atoms with Gasteiger partial charge in [0.05, 0.1) is 3.57 Å². The zero-order valence-corrected chi connectivity index (χ0v) is 9.30. The minimum Gasteiger partial charge on any atom is -0.505 e. The van der Waals surface area contributed by atoms with Gasteiger partial charge in [0, 0.05) is 0 Å². The quantitative estimate of drug-likeness (QED) is 0.624. The summed E-state index contributed by atoms with van der Waals surface area (Å²) in [6.45, 7) is 0. The van der Waals surface area contributed by atoms with E-state index in [0.717, 1.165) is 0 Å². The lowest BCUT2D eigenvalue weighted by Crippen LogP contribution is -1.93. The number of nitrogens with zero attached hydrogens (tertiary/aromatic N) is 1. The molecule has 0 bridgehead atoms. The molecule has 6 heteroatoms. The Morgan fingerprint density at radius 1 is 1.58 bits per heavy atom. The average Bonchev–Trinajstić information content (AvgIpc) is 1.96. The second-order valence-corrected chi connectivity index (χ2v) is 3.94. The van der Waals surface area contributed by atoms with Crippen molar-refractivity contribution < 1.29 is 13.9 Å². The molecule has 66 valence electrons. The fourth-order valence-electron chi connectivity index (χ4n) is 0.648. The number of aromatic nitrogens is 1. The van der Waals surface area contributed by atoms with E-state index in [9.17, 15) is 8.78 Å². The summed E-state index contributed by atoms with van der Waals surface area (Å²) >= 11 is 4.71. The molecule has 1 aromatic rings. The zero-order valence-electron chi connectivity index (χ0n) is 5.56. The topological polar surface area (TPSA) is 33.1 Å². The Hall–Kier alpha value is 0.0200. The molecule has 1 heterocycles. The van der Waals surface area contributed by atoms with Crippen molar-refractivity contribution in [3.05, 3.63) is 19.9 Å². The van der Waals surface area contributed by atoms with Gasteiger partial charge in [-0.15, -0.1) is 0 Å². The maximum atomic E-state index is 12.1. The summed E-state index contributed by atoms with van der Waals surface area (Å²) in [5.74, 6) is -0.450. The van der Waals surface area contributed by atoms with Crippen LogP contribution in [0.4, 0.5) is 8.78 Å². The van der Waals surface area contributed by atoms with Gasteiger partial charge in [-0.2, -0.15) is 0 Å². The Morgan fingerprint density at radius 3 is 2.67 bits per heavy atom. The highest BCUT2D eigenvalue weighted by Gasteiger charge is 2.17. The van der Waals surface area contributed by atoms with Crippen molar-refractivity contribution in [2.24, 2.45) is 0 Å². The second-order valence-electron chi connectivity index (χ2n) is 1.96. The van der Waals surface area contributed by atoms with Gasteiger partial charge in [-0.25, -0.2) is 13.8 Å². The Bertz CT molecular complexity index is 308. The first kappa shape index (κ1) is 10.1. The maximum Gasteiger partial charge on any atom is 0.284 e. The van der Waals surface area contributed by atoms with E-state index < -0.39 is 17.9 Å².